The van der Waals surface area contributed by atoms with Crippen LogP contribution in [0.1, 0.15) is 25.5 Å². The van der Waals surface area contributed by atoms with Gasteiger partial charge < -0.3 is 15.6 Å². The molecule has 0 saturated carbocycles. The predicted molar refractivity (Wildman–Crippen MR) is 72.7 cm³/mol. The quantitative estimate of drug-likeness (QED) is 0.848. The van der Waals surface area contributed by atoms with Gasteiger partial charge in [0.25, 0.3) is 0 Å². The molecule has 1 amide bonds. The van der Waals surface area contributed by atoms with E-state index in [2.05, 4.69) is 22.3 Å². The van der Waals surface area contributed by atoms with Gasteiger partial charge in [-0.1, -0.05) is 12.1 Å². The molecule has 6 nitrogen and oxygen atoms in total. The molecular formula is C13H22N4O2. The Kier molecular flexibility index (Phi) is 4.55. The molecule has 1 fully saturated rings. The van der Waals surface area contributed by atoms with E-state index in [1.54, 1.807) is 13.0 Å². The summed E-state index contributed by atoms with van der Waals surface area (Å²) in [6.45, 7) is 5.87. The van der Waals surface area contributed by atoms with Crippen molar-refractivity contribution in [1.82, 2.24) is 10.1 Å². The van der Waals surface area contributed by atoms with Crippen molar-refractivity contribution < 1.29 is 9.32 Å². The SMILES string of the molecule is Cc1cc(NC(=O)CN2CCCC(C)C2CN)no1. The molecular weight excluding hydrogens is 244 g/mol. The minimum absolute atomic E-state index is 0.0687. The fourth-order valence-corrected chi connectivity index (χ4v) is 2.70. The van der Waals surface area contributed by atoms with Gasteiger partial charge in [-0.15, -0.1) is 0 Å². The second kappa shape index (κ2) is 6.16. The summed E-state index contributed by atoms with van der Waals surface area (Å²) in [5, 5.41) is 6.50. The minimum Gasteiger partial charge on any atom is -0.360 e. The van der Waals surface area contributed by atoms with Crippen molar-refractivity contribution in [2.75, 3.05) is 25.0 Å². The van der Waals surface area contributed by atoms with Crippen LogP contribution >= 0.6 is 0 Å². The summed E-state index contributed by atoms with van der Waals surface area (Å²) < 4.78 is 4.92. The number of hydrogen-bond donors (Lipinski definition) is 2. The van der Waals surface area contributed by atoms with Crippen LogP contribution in [0.5, 0.6) is 0 Å². The Bertz CT molecular complexity index is 432. The molecule has 0 aliphatic carbocycles. The number of carbonyl (C=O) groups is 1. The Morgan fingerprint density at radius 1 is 1.68 bits per heavy atom. The maximum atomic E-state index is 12.0. The first kappa shape index (κ1) is 14.0. The van der Waals surface area contributed by atoms with E-state index in [0.717, 1.165) is 13.0 Å². The highest BCUT2D eigenvalue weighted by Gasteiger charge is 2.28. The summed E-state index contributed by atoms with van der Waals surface area (Å²) in [6, 6.07) is 2.00. The number of rotatable bonds is 4. The fraction of sp³-hybridized carbons (Fsp3) is 0.692. The molecule has 1 aliphatic heterocycles. The van der Waals surface area contributed by atoms with Gasteiger partial charge in [0.2, 0.25) is 5.91 Å². The topological polar surface area (TPSA) is 84.4 Å². The van der Waals surface area contributed by atoms with Gasteiger partial charge in [0, 0.05) is 18.7 Å². The van der Waals surface area contributed by atoms with E-state index in [0.29, 0.717) is 36.6 Å². The number of nitrogens with one attached hydrogen (secondary N) is 1. The first-order valence-electron chi connectivity index (χ1n) is 6.77. The first-order chi connectivity index (χ1) is 9.10. The Morgan fingerprint density at radius 2 is 2.47 bits per heavy atom. The number of piperidine rings is 1. The van der Waals surface area contributed by atoms with E-state index in [-0.39, 0.29) is 5.91 Å². The van der Waals surface area contributed by atoms with Crippen molar-refractivity contribution in [3.63, 3.8) is 0 Å². The summed E-state index contributed by atoms with van der Waals surface area (Å²) in [4.78, 5) is 14.1. The molecule has 2 atom stereocenters. The molecule has 0 aromatic carbocycles. The zero-order valence-electron chi connectivity index (χ0n) is 11.6. The molecule has 3 N–H and O–H groups in total. The number of aromatic nitrogens is 1. The number of amides is 1. The summed E-state index contributed by atoms with van der Waals surface area (Å²) >= 11 is 0. The fourth-order valence-electron chi connectivity index (χ4n) is 2.70. The van der Waals surface area contributed by atoms with Crippen LogP contribution in [0.3, 0.4) is 0 Å². The minimum atomic E-state index is -0.0687. The number of likely N-dealkylation sites (tertiary alicyclic amines) is 1. The smallest absolute Gasteiger partial charge is 0.239 e. The zero-order chi connectivity index (χ0) is 13.8. The van der Waals surface area contributed by atoms with Crippen molar-refractivity contribution in [3.8, 4) is 0 Å². The lowest BCUT2D eigenvalue weighted by Crippen LogP contribution is -2.51. The van der Waals surface area contributed by atoms with Crippen molar-refractivity contribution in [3.05, 3.63) is 11.8 Å². The van der Waals surface area contributed by atoms with E-state index in [1.165, 1.54) is 6.42 Å². The number of nitrogens with two attached hydrogens (primary N) is 1. The molecule has 1 aromatic heterocycles. The van der Waals surface area contributed by atoms with Crippen LogP contribution in [-0.2, 0) is 4.79 Å². The van der Waals surface area contributed by atoms with Gasteiger partial charge in [0.05, 0.1) is 6.54 Å². The lowest BCUT2D eigenvalue weighted by Gasteiger charge is -2.38. The van der Waals surface area contributed by atoms with E-state index in [4.69, 9.17) is 10.3 Å². The maximum absolute atomic E-state index is 12.0. The molecule has 2 heterocycles. The summed E-state index contributed by atoms with van der Waals surface area (Å²) in [5.41, 5.74) is 5.81. The molecule has 0 spiro atoms. The molecule has 6 heteroatoms. The van der Waals surface area contributed by atoms with Crippen molar-refractivity contribution in [1.29, 1.82) is 0 Å². The van der Waals surface area contributed by atoms with E-state index >= 15 is 0 Å². The third kappa shape index (κ3) is 3.54. The van der Waals surface area contributed by atoms with Gasteiger partial charge in [-0.2, -0.15) is 0 Å². The molecule has 106 valence electrons. The van der Waals surface area contributed by atoms with E-state index in [1.807, 2.05) is 0 Å². The molecule has 0 radical (unpaired) electrons. The number of nitrogens with zero attached hydrogens (tertiary/aromatic N) is 2. The normalized spacial score (nSPS) is 24.4. The van der Waals surface area contributed by atoms with Gasteiger partial charge in [-0.25, -0.2) is 0 Å². The Hall–Kier alpha value is -1.40. The second-order valence-corrected chi connectivity index (χ2v) is 5.26. The summed E-state index contributed by atoms with van der Waals surface area (Å²) in [6.07, 6.45) is 2.30. The van der Waals surface area contributed by atoms with Crippen LogP contribution < -0.4 is 11.1 Å². The van der Waals surface area contributed by atoms with Crippen LogP contribution in [0.4, 0.5) is 5.82 Å². The molecule has 0 bridgehead atoms. The summed E-state index contributed by atoms with van der Waals surface area (Å²) in [5.74, 6) is 1.63. The van der Waals surface area contributed by atoms with Gasteiger partial charge in [0.15, 0.2) is 5.82 Å². The molecule has 1 saturated heterocycles. The number of hydrogen-bond acceptors (Lipinski definition) is 5. The van der Waals surface area contributed by atoms with E-state index < -0.39 is 0 Å². The Morgan fingerprint density at radius 3 is 3.11 bits per heavy atom. The highest BCUT2D eigenvalue weighted by molar-refractivity contribution is 5.91. The van der Waals surface area contributed by atoms with Gasteiger partial charge in [-0.05, 0) is 32.2 Å². The average Bonchev–Trinajstić information content (AvgIpc) is 2.75. The lowest BCUT2D eigenvalue weighted by atomic mass is 9.91. The number of carbonyl (C=O) groups excluding carboxylic acids is 1. The first-order valence-corrected chi connectivity index (χ1v) is 6.77. The van der Waals surface area contributed by atoms with Gasteiger partial charge in [-0.3, -0.25) is 9.69 Å². The van der Waals surface area contributed by atoms with Crippen molar-refractivity contribution >= 4 is 11.7 Å². The maximum Gasteiger partial charge on any atom is 0.239 e. The zero-order valence-corrected chi connectivity index (χ0v) is 11.6. The predicted octanol–water partition coefficient (Wildman–Crippen LogP) is 0.981. The molecule has 2 unspecified atom stereocenters. The largest absolute Gasteiger partial charge is 0.360 e. The number of anilines is 1. The number of aryl methyl sites for hydroxylation is 1. The Labute approximate surface area is 113 Å². The van der Waals surface area contributed by atoms with Crippen LogP contribution in [0, 0.1) is 12.8 Å². The van der Waals surface area contributed by atoms with Crippen LogP contribution in [-0.4, -0.2) is 41.6 Å². The molecule has 19 heavy (non-hydrogen) atoms. The lowest BCUT2D eigenvalue weighted by molar-refractivity contribution is -0.118. The molecule has 1 aromatic rings. The molecule has 1 aliphatic rings. The van der Waals surface area contributed by atoms with Crippen LogP contribution in [0.15, 0.2) is 10.6 Å². The van der Waals surface area contributed by atoms with E-state index in [9.17, 15) is 4.79 Å². The molecule has 2 rings (SSSR count). The van der Waals surface area contributed by atoms with Crippen molar-refractivity contribution in [2.24, 2.45) is 11.7 Å². The monoisotopic (exact) mass is 266 g/mol. The average molecular weight is 266 g/mol. The van der Waals surface area contributed by atoms with Crippen LogP contribution in [0.25, 0.3) is 0 Å². The second-order valence-electron chi connectivity index (χ2n) is 5.26. The summed E-state index contributed by atoms with van der Waals surface area (Å²) in [7, 11) is 0. The Balaban J connectivity index is 1.90. The van der Waals surface area contributed by atoms with Crippen molar-refractivity contribution in [2.45, 2.75) is 32.7 Å². The third-order valence-corrected chi connectivity index (χ3v) is 3.71. The van der Waals surface area contributed by atoms with Crippen LogP contribution in [0.2, 0.25) is 0 Å². The highest BCUT2D eigenvalue weighted by atomic mass is 16.5. The van der Waals surface area contributed by atoms with Gasteiger partial charge in [0.1, 0.15) is 5.76 Å². The standard InChI is InChI=1S/C13H22N4O2/c1-9-4-3-5-17(11(9)7-14)8-13(18)15-12-6-10(2)19-16-12/h6,9,11H,3-5,7-8,14H2,1-2H3,(H,15,16,18). The third-order valence-electron chi connectivity index (χ3n) is 3.71. The van der Waals surface area contributed by atoms with Gasteiger partial charge >= 0.3 is 0 Å². The highest BCUT2D eigenvalue weighted by Crippen LogP contribution is 2.22.